The van der Waals surface area contributed by atoms with Crippen LogP contribution in [0.5, 0.6) is 0 Å². The Bertz CT molecular complexity index is 318. The predicted molar refractivity (Wildman–Crippen MR) is 73.6 cm³/mol. The maximum absolute atomic E-state index is 12.2. The lowest BCUT2D eigenvalue weighted by molar-refractivity contribution is -0.146. The second-order valence-corrected chi connectivity index (χ2v) is 5.56. The molecule has 0 spiro atoms. The third-order valence-electron chi connectivity index (χ3n) is 3.83. The molecule has 1 saturated heterocycles. The van der Waals surface area contributed by atoms with Gasteiger partial charge in [0.2, 0.25) is 5.91 Å². The van der Waals surface area contributed by atoms with Crippen molar-refractivity contribution < 1.29 is 14.3 Å². The van der Waals surface area contributed by atoms with Crippen molar-refractivity contribution in [2.45, 2.75) is 52.1 Å². The van der Waals surface area contributed by atoms with Crippen molar-refractivity contribution in [1.82, 2.24) is 10.6 Å². The van der Waals surface area contributed by atoms with Gasteiger partial charge in [-0.3, -0.25) is 4.79 Å². The van der Waals surface area contributed by atoms with Gasteiger partial charge in [-0.25, -0.2) is 4.79 Å². The Morgan fingerprint density at radius 1 is 1.42 bits per heavy atom. The molecular formula is C14H26N2O3. The van der Waals surface area contributed by atoms with Crippen LogP contribution < -0.4 is 10.6 Å². The van der Waals surface area contributed by atoms with Crippen LogP contribution in [0.4, 0.5) is 0 Å². The van der Waals surface area contributed by atoms with E-state index in [4.69, 9.17) is 4.74 Å². The maximum Gasteiger partial charge on any atom is 0.328 e. The molecule has 1 heterocycles. The van der Waals surface area contributed by atoms with Crippen molar-refractivity contribution >= 4 is 11.9 Å². The molecule has 2 unspecified atom stereocenters. The number of carbonyl (C=O) groups excluding carboxylic acids is 2. The van der Waals surface area contributed by atoms with Crippen LogP contribution in [0.2, 0.25) is 0 Å². The first-order chi connectivity index (χ1) is 8.99. The van der Waals surface area contributed by atoms with Gasteiger partial charge in [0, 0.05) is 0 Å². The average molecular weight is 270 g/mol. The highest BCUT2D eigenvalue weighted by Crippen LogP contribution is 2.19. The molecule has 0 aromatic heterocycles. The second-order valence-electron chi connectivity index (χ2n) is 5.56. The summed E-state index contributed by atoms with van der Waals surface area (Å²) in [5, 5.41) is 6.03. The Labute approximate surface area is 115 Å². The van der Waals surface area contributed by atoms with Gasteiger partial charge in [-0.2, -0.15) is 0 Å². The molecular weight excluding hydrogens is 244 g/mol. The van der Waals surface area contributed by atoms with Gasteiger partial charge in [-0.1, -0.05) is 27.2 Å². The fourth-order valence-corrected chi connectivity index (χ4v) is 2.45. The van der Waals surface area contributed by atoms with E-state index in [0.29, 0.717) is 5.92 Å². The lowest BCUT2D eigenvalue weighted by Gasteiger charge is -2.30. The molecule has 1 aliphatic heterocycles. The van der Waals surface area contributed by atoms with Gasteiger partial charge in [0.25, 0.3) is 0 Å². The van der Waals surface area contributed by atoms with Gasteiger partial charge in [0.1, 0.15) is 6.04 Å². The van der Waals surface area contributed by atoms with Crippen LogP contribution in [0.25, 0.3) is 0 Å². The quantitative estimate of drug-likeness (QED) is 0.734. The van der Waals surface area contributed by atoms with E-state index >= 15 is 0 Å². The average Bonchev–Trinajstić information content (AvgIpc) is 2.43. The zero-order valence-electron chi connectivity index (χ0n) is 12.4. The van der Waals surface area contributed by atoms with E-state index in [0.717, 1.165) is 25.8 Å². The Morgan fingerprint density at radius 2 is 2.11 bits per heavy atom. The molecule has 0 bridgehead atoms. The molecule has 1 aliphatic rings. The number of esters is 1. The number of hydrogen-bond donors (Lipinski definition) is 2. The Kier molecular flexibility index (Phi) is 6.28. The molecule has 0 saturated carbocycles. The van der Waals surface area contributed by atoms with E-state index < -0.39 is 6.04 Å². The summed E-state index contributed by atoms with van der Waals surface area (Å²) in [5.74, 6) is 0.128. The first-order valence-corrected chi connectivity index (χ1v) is 7.11. The molecule has 0 radical (unpaired) electrons. The zero-order chi connectivity index (χ0) is 14.4. The number of ether oxygens (including phenoxy) is 1. The molecule has 19 heavy (non-hydrogen) atoms. The first-order valence-electron chi connectivity index (χ1n) is 7.11. The summed E-state index contributed by atoms with van der Waals surface area (Å²) < 4.78 is 4.73. The van der Waals surface area contributed by atoms with Crippen LogP contribution >= 0.6 is 0 Å². The molecule has 5 nitrogen and oxygen atoms in total. The fraction of sp³-hybridized carbons (Fsp3) is 0.857. The molecule has 0 aromatic rings. The minimum absolute atomic E-state index is 0.0157. The zero-order valence-corrected chi connectivity index (χ0v) is 12.4. The number of rotatable bonds is 5. The summed E-state index contributed by atoms with van der Waals surface area (Å²) in [4.78, 5) is 23.8. The van der Waals surface area contributed by atoms with Crippen LogP contribution in [0.15, 0.2) is 0 Å². The molecule has 1 rings (SSSR count). The predicted octanol–water partition coefficient (Wildman–Crippen LogP) is 1.08. The standard InChI is InChI=1S/C14H26N2O3/c1-5-10-6-7-15-11(8-10)13(17)16-12(9(2)3)14(18)19-4/h9-12,15H,5-8H2,1-4H3,(H,16,17)/t10?,11?,12-/m0/s1. The van der Waals surface area contributed by atoms with Gasteiger partial charge >= 0.3 is 5.97 Å². The summed E-state index contributed by atoms with van der Waals surface area (Å²) in [6.07, 6.45) is 3.05. The number of carbonyl (C=O) groups is 2. The Morgan fingerprint density at radius 3 is 2.63 bits per heavy atom. The number of piperidine rings is 1. The van der Waals surface area contributed by atoms with Crippen LogP contribution in [0.3, 0.4) is 0 Å². The molecule has 2 N–H and O–H groups in total. The highest BCUT2D eigenvalue weighted by Gasteiger charge is 2.30. The van der Waals surface area contributed by atoms with Crippen LogP contribution in [-0.4, -0.2) is 37.6 Å². The summed E-state index contributed by atoms with van der Waals surface area (Å²) in [7, 11) is 1.34. The number of nitrogens with one attached hydrogen (secondary N) is 2. The molecule has 0 aliphatic carbocycles. The largest absolute Gasteiger partial charge is 0.467 e. The van der Waals surface area contributed by atoms with Crippen LogP contribution in [-0.2, 0) is 14.3 Å². The number of hydrogen-bond acceptors (Lipinski definition) is 4. The third-order valence-corrected chi connectivity index (χ3v) is 3.83. The van der Waals surface area contributed by atoms with Crippen LogP contribution in [0, 0.1) is 11.8 Å². The van der Waals surface area contributed by atoms with Gasteiger partial charge < -0.3 is 15.4 Å². The van der Waals surface area contributed by atoms with Crippen molar-refractivity contribution in [1.29, 1.82) is 0 Å². The molecule has 5 heteroatoms. The van der Waals surface area contributed by atoms with Crippen molar-refractivity contribution in [2.24, 2.45) is 11.8 Å². The smallest absolute Gasteiger partial charge is 0.328 e. The number of methoxy groups -OCH3 is 1. The normalized spacial score (nSPS) is 24.9. The first kappa shape index (κ1) is 16.0. The minimum atomic E-state index is -0.568. The van der Waals surface area contributed by atoms with Crippen molar-refractivity contribution in [3.63, 3.8) is 0 Å². The summed E-state index contributed by atoms with van der Waals surface area (Å²) in [6, 6.07) is -0.758. The molecule has 1 fully saturated rings. The lowest BCUT2D eigenvalue weighted by atomic mass is 9.90. The van der Waals surface area contributed by atoms with Crippen molar-refractivity contribution in [3.8, 4) is 0 Å². The molecule has 3 atom stereocenters. The molecule has 110 valence electrons. The molecule has 0 aromatic carbocycles. The molecule has 1 amide bonds. The summed E-state index contributed by atoms with van der Waals surface area (Å²) in [6.45, 7) is 6.80. The van der Waals surface area contributed by atoms with Crippen molar-refractivity contribution in [3.05, 3.63) is 0 Å². The van der Waals surface area contributed by atoms with Gasteiger partial charge in [-0.05, 0) is 31.2 Å². The Balaban J connectivity index is 2.59. The van der Waals surface area contributed by atoms with E-state index in [1.54, 1.807) is 0 Å². The fourth-order valence-electron chi connectivity index (χ4n) is 2.45. The van der Waals surface area contributed by atoms with E-state index in [9.17, 15) is 9.59 Å². The minimum Gasteiger partial charge on any atom is -0.467 e. The van der Waals surface area contributed by atoms with E-state index in [1.165, 1.54) is 7.11 Å². The monoisotopic (exact) mass is 270 g/mol. The van der Waals surface area contributed by atoms with E-state index in [1.807, 2.05) is 13.8 Å². The summed E-state index contributed by atoms with van der Waals surface area (Å²) >= 11 is 0. The third kappa shape index (κ3) is 4.49. The maximum atomic E-state index is 12.2. The highest BCUT2D eigenvalue weighted by atomic mass is 16.5. The topological polar surface area (TPSA) is 67.4 Å². The number of amides is 1. The van der Waals surface area contributed by atoms with Gasteiger partial charge in [-0.15, -0.1) is 0 Å². The van der Waals surface area contributed by atoms with E-state index in [-0.39, 0.29) is 23.8 Å². The van der Waals surface area contributed by atoms with Gasteiger partial charge in [0.15, 0.2) is 0 Å². The van der Waals surface area contributed by atoms with Gasteiger partial charge in [0.05, 0.1) is 13.2 Å². The highest BCUT2D eigenvalue weighted by molar-refractivity contribution is 5.87. The summed E-state index contributed by atoms with van der Waals surface area (Å²) in [5.41, 5.74) is 0. The SMILES string of the molecule is CCC1CCNC(C(=O)N[C@H](C(=O)OC)C(C)C)C1. The second kappa shape index (κ2) is 7.48. The Hall–Kier alpha value is -1.10. The van der Waals surface area contributed by atoms with Crippen molar-refractivity contribution in [2.75, 3.05) is 13.7 Å². The van der Waals surface area contributed by atoms with E-state index in [2.05, 4.69) is 17.6 Å². The lowest BCUT2D eigenvalue weighted by Crippen LogP contribution is -2.54. The van der Waals surface area contributed by atoms with Crippen LogP contribution in [0.1, 0.15) is 40.0 Å².